The van der Waals surface area contributed by atoms with Gasteiger partial charge in [-0.25, -0.2) is 0 Å². The number of aromatic hydroxyl groups is 1. The third kappa shape index (κ3) is 9.89. The summed E-state index contributed by atoms with van der Waals surface area (Å²) in [6.45, 7) is 4.37. The van der Waals surface area contributed by atoms with Crippen LogP contribution in [0.4, 0.5) is 0 Å². The van der Waals surface area contributed by atoms with Gasteiger partial charge in [-0.1, -0.05) is 272 Å². The molecule has 0 unspecified atom stereocenters. The predicted octanol–water partition coefficient (Wildman–Crippen LogP) is 22.1. The summed E-state index contributed by atoms with van der Waals surface area (Å²) in [6.07, 6.45) is 0. The standard InChI is InChI=1S/C80H58O2/c1-54-43-47-68(48-44-54)82-69-49-45-64(46-50-69)78-74(60-35-19-7-20-36-60)76(62-39-23-9-24-40-62)80(77(63-41-25-10-26-42-63)75(78)61-37-21-8-22-38-61)66-51-65(52-67(81)53-66)79-72(58-31-15-5-16-32-58)70(56-27-11-3-12-28-56)55(2)71(57-29-13-4-14-30-57)73(79)59-33-17-6-18-34-59/h3-53,81H,1-2H3. The Labute approximate surface area is 481 Å². The highest BCUT2D eigenvalue weighted by Gasteiger charge is 2.32. The van der Waals surface area contributed by atoms with E-state index in [1.165, 1.54) is 11.1 Å². The number of phenolic OH excluding ortho intramolecular Hbond substituents is 1. The zero-order chi connectivity index (χ0) is 55.4. The van der Waals surface area contributed by atoms with E-state index in [0.29, 0.717) is 0 Å². The van der Waals surface area contributed by atoms with Gasteiger partial charge >= 0.3 is 0 Å². The summed E-state index contributed by atoms with van der Waals surface area (Å²) in [5.74, 6) is 1.69. The maximum atomic E-state index is 12.9. The van der Waals surface area contributed by atoms with Crippen LogP contribution in [-0.4, -0.2) is 5.11 Å². The highest BCUT2D eigenvalue weighted by atomic mass is 16.5. The fourth-order valence-corrected chi connectivity index (χ4v) is 12.1. The van der Waals surface area contributed by atoms with Gasteiger partial charge in [-0.3, -0.25) is 0 Å². The van der Waals surface area contributed by atoms with Crippen LogP contribution in [0.1, 0.15) is 11.1 Å². The molecule has 0 heterocycles. The van der Waals surface area contributed by atoms with Gasteiger partial charge in [0.15, 0.2) is 0 Å². The van der Waals surface area contributed by atoms with E-state index in [4.69, 9.17) is 4.74 Å². The molecule has 0 aliphatic rings. The Kier molecular flexibility index (Phi) is 14.1. The lowest BCUT2D eigenvalue weighted by atomic mass is 9.73. The molecule has 1 N–H and O–H groups in total. The maximum Gasteiger partial charge on any atom is 0.127 e. The summed E-state index contributed by atoms with van der Waals surface area (Å²) in [7, 11) is 0. The van der Waals surface area contributed by atoms with Crippen molar-refractivity contribution in [1.29, 1.82) is 0 Å². The average molecular weight is 1050 g/mol. The SMILES string of the molecule is Cc1ccc(Oc2ccc(-c3c(-c4ccccc4)c(-c4ccccc4)c(-c4cc(O)cc(-c5c(-c6ccccc6)c(-c6ccccc6)c(C)c(-c6ccccc6)c5-c5ccccc5)c4)c(-c4ccccc4)c3-c3ccccc3)cc2)cc1. The summed E-state index contributed by atoms with van der Waals surface area (Å²) < 4.78 is 6.50. The predicted molar refractivity (Wildman–Crippen MR) is 344 cm³/mol. The Morgan fingerprint density at radius 1 is 0.207 bits per heavy atom. The molecule has 0 saturated heterocycles. The van der Waals surface area contributed by atoms with Crippen LogP contribution in [0.25, 0.3) is 122 Å². The van der Waals surface area contributed by atoms with Crippen molar-refractivity contribution < 1.29 is 9.84 Å². The van der Waals surface area contributed by atoms with E-state index in [1.54, 1.807) is 0 Å². The molecule has 0 aliphatic heterocycles. The molecule has 390 valence electrons. The van der Waals surface area contributed by atoms with E-state index in [1.807, 2.05) is 24.3 Å². The molecule has 0 atom stereocenters. The summed E-state index contributed by atoms with van der Waals surface area (Å²) in [5.41, 5.74) is 25.5. The van der Waals surface area contributed by atoms with Crippen molar-refractivity contribution in [2.75, 3.05) is 0 Å². The molecule has 0 aromatic heterocycles. The molecule has 0 fully saturated rings. The first-order chi connectivity index (χ1) is 40.5. The quantitative estimate of drug-likeness (QED) is 0.125. The molecule has 0 radical (unpaired) electrons. The minimum Gasteiger partial charge on any atom is -0.508 e. The smallest absolute Gasteiger partial charge is 0.127 e. The topological polar surface area (TPSA) is 29.5 Å². The van der Waals surface area contributed by atoms with E-state index < -0.39 is 0 Å². The molecule has 0 spiro atoms. The molecule has 2 nitrogen and oxygen atoms in total. The average Bonchev–Trinajstić information content (AvgIpc) is 1.51. The van der Waals surface area contributed by atoms with Crippen LogP contribution >= 0.6 is 0 Å². The van der Waals surface area contributed by atoms with Crippen LogP contribution in [0.2, 0.25) is 0 Å². The zero-order valence-corrected chi connectivity index (χ0v) is 45.8. The van der Waals surface area contributed by atoms with Crippen LogP contribution in [0.3, 0.4) is 0 Å². The van der Waals surface area contributed by atoms with E-state index in [-0.39, 0.29) is 5.75 Å². The molecule has 13 aromatic rings. The van der Waals surface area contributed by atoms with Crippen molar-refractivity contribution in [1.82, 2.24) is 0 Å². The summed E-state index contributed by atoms with van der Waals surface area (Å²) in [4.78, 5) is 0. The molecule has 0 bridgehead atoms. The fourth-order valence-electron chi connectivity index (χ4n) is 12.1. The van der Waals surface area contributed by atoms with E-state index in [9.17, 15) is 5.11 Å². The highest BCUT2D eigenvalue weighted by molar-refractivity contribution is 6.16. The first-order valence-electron chi connectivity index (χ1n) is 28.0. The third-order valence-corrected chi connectivity index (χ3v) is 15.6. The second-order valence-corrected chi connectivity index (χ2v) is 20.9. The molecule has 13 aromatic carbocycles. The molecule has 0 amide bonds. The van der Waals surface area contributed by atoms with Crippen molar-refractivity contribution in [3.8, 4) is 140 Å². The molecule has 0 saturated carbocycles. The van der Waals surface area contributed by atoms with Gasteiger partial charge in [0.05, 0.1) is 0 Å². The van der Waals surface area contributed by atoms with Crippen LogP contribution in [-0.2, 0) is 0 Å². The lowest BCUT2D eigenvalue weighted by Gasteiger charge is -2.30. The number of ether oxygens (including phenoxy) is 1. The zero-order valence-electron chi connectivity index (χ0n) is 45.8. The summed E-state index contributed by atoms with van der Waals surface area (Å²) in [6, 6.07) is 110. The Morgan fingerprint density at radius 3 is 0.683 bits per heavy atom. The van der Waals surface area contributed by atoms with Gasteiger partial charge in [0.25, 0.3) is 0 Å². The molecule has 0 aliphatic carbocycles. The Hall–Kier alpha value is -10.5. The second-order valence-electron chi connectivity index (χ2n) is 20.9. The molecule has 13 rings (SSSR count). The van der Waals surface area contributed by atoms with Crippen molar-refractivity contribution >= 4 is 0 Å². The van der Waals surface area contributed by atoms with Gasteiger partial charge < -0.3 is 9.84 Å². The van der Waals surface area contributed by atoms with Crippen LogP contribution in [0.15, 0.2) is 309 Å². The van der Waals surface area contributed by atoms with E-state index in [2.05, 4.69) is 299 Å². The number of aryl methyl sites for hydroxylation is 1. The lowest BCUT2D eigenvalue weighted by Crippen LogP contribution is -2.03. The van der Waals surface area contributed by atoms with Gasteiger partial charge in [-0.05, 0) is 184 Å². The normalized spacial score (nSPS) is 11.1. The van der Waals surface area contributed by atoms with Gasteiger partial charge in [0.1, 0.15) is 17.2 Å². The third-order valence-electron chi connectivity index (χ3n) is 15.6. The Balaban J connectivity index is 1.21. The number of phenols is 1. The minimum absolute atomic E-state index is 0.155. The highest BCUT2D eigenvalue weighted by Crippen LogP contribution is 2.58. The van der Waals surface area contributed by atoms with Gasteiger partial charge in [0, 0.05) is 0 Å². The first kappa shape index (κ1) is 50.9. The van der Waals surface area contributed by atoms with Crippen molar-refractivity contribution in [2.24, 2.45) is 0 Å². The monoisotopic (exact) mass is 1050 g/mol. The maximum absolute atomic E-state index is 12.9. The summed E-state index contributed by atoms with van der Waals surface area (Å²) in [5, 5.41) is 12.9. The number of hydrogen-bond donors (Lipinski definition) is 1. The Bertz CT molecular complexity index is 4130. The van der Waals surface area contributed by atoms with Crippen molar-refractivity contribution in [3.63, 3.8) is 0 Å². The van der Waals surface area contributed by atoms with E-state index >= 15 is 0 Å². The van der Waals surface area contributed by atoms with Crippen LogP contribution < -0.4 is 4.74 Å². The van der Waals surface area contributed by atoms with Gasteiger partial charge in [0.2, 0.25) is 0 Å². The number of rotatable bonds is 13. The fraction of sp³-hybridized carbons (Fsp3) is 0.0250. The van der Waals surface area contributed by atoms with Gasteiger partial charge in [-0.2, -0.15) is 0 Å². The molecular formula is C80H58O2. The number of hydrogen-bond acceptors (Lipinski definition) is 2. The van der Waals surface area contributed by atoms with Crippen molar-refractivity contribution in [3.05, 3.63) is 321 Å². The summed E-state index contributed by atoms with van der Waals surface area (Å²) >= 11 is 0. The number of benzene rings is 13. The largest absolute Gasteiger partial charge is 0.508 e. The Morgan fingerprint density at radius 2 is 0.415 bits per heavy atom. The molecular weight excluding hydrogens is 993 g/mol. The second kappa shape index (κ2) is 22.7. The van der Waals surface area contributed by atoms with E-state index in [0.717, 1.165) is 134 Å². The van der Waals surface area contributed by atoms with Crippen LogP contribution in [0, 0.1) is 13.8 Å². The molecule has 2 heteroatoms. The van der Waals surface area contributed by atoms with Crippen molar-refractivity contribution in [2.45, 2.75) is 13.8 Å². The molecule has 82 heavy (non-hydrogen) atoms. The van der Waals surface area contributed by atoms with Gasteiger partial charge in [-0.15, -0.1) is 0 Å². The minimum atomic E-state index is 0.155. The first-order valence-corrected chi connectivity index (χ1v) is 28.0. The van der Waals surface area contributed by atoms with Crippen LogP contribution in [0.5, 0.6) is 17.2 Å². The lowest BCUT2D eigenvalue weighted by molar-refractivity contribution is 0.476.